The minimum absolute atomic E-state index is 0.0418. The molecule has 0 spiro atoms. The Morgan fingerprint density at radius 1 is 1.09 bits per heavy atom. The SMILES string of the molecule is NC(=O)COc1ccc(C2c3c(-c4ccccc4O)n[nH]c3C(=O)N2Cc2ccc(F)cc2)cc1. The quantitative estimate of drug-likeness (QED) is 0.380. The van der Waals surface area contributed by atoms with Crippen LogP contribution in [0.5, 0.6) is 11.5 Å². The van der Waals surface area contributed by atoms with Crippen molar-refractivity contribution in [3.05, 3.63) is 101 Å². The lowest BCUT2D eigenvalue weighted by Gasteiger charge is -2.26. The van der Waals surface area contributed by atoms with Crippen LogP contribution >= 0.6 is 0 Å². The summed E-state index contributed by atoms with van der Waals surface area (Å²) in [6.45, 7) is -0.0201. The molecule has 35 heavy (non-hydrogen) atoms. The number of para-hydroxylation sites is 1. The standard InChI is InChI=1S/C26H21FN4O4/c27-17-9-5-15(6-10-17)13-31-25(16-7-11-18(12-8-16)35-14-21(28)33)22-23(29-30-24(22)26(31)34)19-3-1-2-4-20(19)32/h1-12,25,32H,13-14H2,(H2,28,33)(H,29,30). The van der Waals surface area contributed by atoms with Crippen LogP contribution in [0, 0.1) is 5.82 Å². The number of carbonyl (C=O) groups is 2. The Kier molecular flexibility index (Phi) is 5.66. The van der Waals surface area contributed by atoms with Gasteiger partial charge >= 0.3 is 0 Å². The Morgan fingerprint density at radius 3 is 2.49 bits per heavy atom. The molecule has 0 aliphatic carbocycles. The summed E-state index contributed by atoms with van der Waals surface area (Å²) in [6.07, 6.45) is 0. The number of phenols is 1. The monoisotopic (exact) mass is 472 g/mol. The Morgan fingerprint density at radius 2 is 1.80 bits per heavy atom. The van der Waals surface area contributed by atoms with E-state index in [0.717, 1.165) is 11.1 Å². The molecule has 4 aromatic rings. The van der Waals surface area contributed by atoms with Crippen molar-refractivity contribution in [1.82, 2.24) is 15.1 Å². The summed E-state index contributed by atoms with van der Waals surface area (Å²) in [6, 6.07) is 19.2. The van der Waals surface area contributed by atoms with Gasteiger partial charge < -0.3 is 20.5 Å². The van der Waals surface area contributed by atoms with Crippen molar-refractivity contribution >= 4 is 11.8 Å². The van der Waals surface area contributed by atoms with Gasteiger partial charge in [0.25, 0.3) is 11.8 Å². The summed E-state index contributed by atoms with van der Waals surface area (Å²) >= 11 is 0. The second-order valence-corrected chi connectivity index (χ2v) is 8.16. The molecule has 0 saturated carbocycles. The van der Waals surface area contributed by atoms with Crippen LogP contribution < -0.4 is 10.5 Å². The molecule has 1 aliphatic heterocycles. The van der Waals surface area contributed by atoms with Crippen molar-refractivity contribution in [2.24, 2.45) is 5.73 Å². The van der Waals surface area contributed by atoms with E-state index < -0.39 is 11.9 Å². The van der Waals surface area contributed by atoms with E-state index in [1.54, 1.807) is 65.6 Å². The summed E-state index contributed by atoms with van der Waals surface area (Å²) in [5, 5.41) is 17.7. The number of halogens is 1. The summed E-state index contributed by atoms with van der Waals surface area (Å²) in [5.41, 5.74) is 8.58. The van der Waals surface area contributed by atoms with Gasteiger partial charge in [0.15, 0.2) is 6.61 Å². The predicted octanol–water partition coefficient (Wildman–Crippen LogP) is 3.53. The Balaban J connectivity index is 1.58. The van der Waals surface area contributed by atoms with Gasteiger partial charge in [0.05, 0.1) is 6.04 Å². The smallest absolute Gasteiger partial charge is 0.273 e. The Hall–Kier alpha value is -4.66. The number of fused-ring (bicyclic) bond motifs is 1. The van der Waals surface area contributed by atoms with E-state index in [9.17, 15) is 19.1 Å². The number of H-pyrrole nitrogens is 1. The Bertz CT molecular complexity index is 1400. The first-order valence-corrected chi connectivity index (χ1v) is 10.9. The van der Waals surface area contributed by atoms with Gasteiger partial charge in [-0.15, -0.1) is 0 Å². The molecule has 1 aliphatic rings. The number of primary amides is 1. The van der Waals surface area contributed by atoms with Crippen LogP contribution in [-0.4, -0.2) is 38.6 Å². The third kappa shape index (κ3) is 4.19. The van der Waals surface area contributed by atoms with E-state index in [0.29, 0.717) is 28.3 Å². The highest BCUT2D eigenvalue weighted by molar-refractivity contribution is 6.00. The minimum atomic E-state index is -0.587. The van der Waals surface area contributed by atoms with Crippen LogP contribution in [0.15, 0.2) is 72.8 Å². The predicted molar refractivity (Wildman–Crippen MR) is 125 cm³/mol. The maximum atomic E-state index is 13.5. The molecule has 3 aromatic carbocycles. The molecule has 1 aromatic heterocycles. The number of nitrogens with zero attached hydrogens (tertiary/aromatic N) is 2. The van der Waals surface area contributed by atoms with E-state index >= 15 is 0 Å². The number of nitrogens with two attached hydrogens (primary N) is 1. The molecule has 8 nitrogen and oxygen atoms in total. The number of aromatic hydroxyl groups is 1. The van der Waals surface area contributed by atoms with Crippen LogP contribution in [0.25, 0.3) is 11.3 Å². The fourth-order valence-electron chi connectivity index (χ4n) is 4.27. The lowest BCUT2D eigenvalue weighted by atomic mass is 9.95. The number of hydrogen-bond acceptors (Lipinski definition) is 5. The second kappa shape index (κ2) is 8.94. The van der Waals surface area contributed by atoms with E-state index in [-0.39, 0.29) is 30.6 Å². The van der Waals surface area contributed by atoms with E-state index in [1.165, 1.54) is 12.1 Å². The number of aromatic nitrogens is 2. The third-order valence-corrected chi connectivity index (χ3v) is 5.87. The molecule has 0 bridgehead atoms. The van der Waals surface area contributed by atoms with Gasteiger partial charge in [0.2, 0.25) is 0 Å². The molecule has 0 radical (unpaired) electrons. The highest BCUT2D eigenvalue weighted by Gasteiger charge is 2.42. The van der Waals surface area contributed by atoms with Crippen LogP contribution in [-0.2, 0) is 11.3 Å². The van der Waals surface area contributed by atoms with Crippen LogP contribution in [0.4, 0.5) is 4.39 Å². The molecule has 1 atom stereocenters. The number of carbonyl (C=O) groups excluding carboxylic acids is 2. The average Bonchev–Trinajstić information content (AvgIpc) is 3.39. The van der Waals surface area contributed by atoms with E-state index in [1.807, 2.05) is 0 Å². The normalized spacial score (nSPS) is 14.7. The van der Waals surface area contributed by atoms with Gasteiger partial charge in [-0.2, -0.15) is 5.10 Å². The first-order valence-electron chi connectivity index (χ1n) is 10.9. The van der Waals surface area contributed by atoms with Gasteiger partial charge in [0.1, 0.15) is 28.7 Å². The lowest BCUT2D eigenvalue weighted by Crippen LogP contribution is -2.29. The van der Waals surface area contributed by atoms with Crippen LogP contribution in [0.2, 0.25) is 0 Å². The number of phenolic OH excluding ortho intramolecular Hbond substituents is 1. The first kappa shape index (κ1) is 22.1. The second-order valence-electron chi connectivity index (χ2n) is 8.16. The summed E-state index contributed by atoms with van der Waals surface area (Å²) in [4.78, 5) is 26.2. The van der Waals surface area contributed by atoms with Crippen LogP contribution in [0.1, 0.15) is 33.2 Å². The number of nitrogens with one attached hydrogen (secondary N) is 1. The van der Waals surface area contributed by atoms with Crippen molar-refractivity contribution in [1.29, 1.82) is 0 Å². The minimum Gasteiger partial charge on any atom is -0.507 e. The van der Waals surface area contributed by atoms with Gasteiger partial charge in [0, 0.05) is 17.7 Å². The van der Waals surface area contributed by atoms with Gasteiger partial charge in [-0.25, -0.2) is 4.39 Å². The van der Waals surface area contributed by atoms with Gasteiger partial charge in [-0.3, -0.25) is 14.7 Å². The van der Waals surface area contributed by atoms with Crippen molar-refractivity contribution in [3.63, 3.8) is 0 Å². The maximum Gasteiger partial charge on any atom is 0.273 e. The largest absolute Gasteiger partial charge is 0.507 e. The zero-order chi connectivity index (χ0) is 24.5. The van der Waals surface area contributed by atoms with Gasteiger partial charge in [-0.1, -0.05) is 36.4 Å². The molecule has 2 amide bonds. The van der Waals surface area contributed by atoms with Crippen molar-refractivity contribution in [3.8, 4) is 22.8 Å². The van der Waals surface area contributed by atoms with E-state index in [2.05, 4.69) is 10.2 Å². The van der Waals surface area contributed by atoms with E-state index in [4.69, 9.17) is 10.5 Å². The highest BCUT2D eigenvalue weighted by Crippen LogP contribution is 2.45. The lowest BCUT2D eigenvalue weighted by molar-refractivity contribution is -0.119. The summed E-state index contributed by atoms with van der Waals surface area (Å²) < 4.78 is 18.8. The number of ether oxygens (including phenoxy) is 1. The molecule has 0 saturated heterocycles. The maximum absolute atomic E-state index is 13.5. The fourth-order valence-corrected chi connectivity index (χ4v) is 4.27. The molecule has 176 valence electrons. The van der Waals surface area contributed by atoms with Crippen molar-refractivity contribution in [2.75, 3.05) is 6.61 Å². The number of hydrogen-bond donors (Lipinski definition) is 3. The molecule has 4 N–H and O–H groups in total. The first-order chi connectivity index (χ1) is 16.9. The molecular formula is C26H21FN4O4. The number of benzene rings is 3. The Labute approximate surface area is 199 Å². The number of aromatic amines is 1. The molecular weight excluding hydrogens is 451 g/mol. The molecule has 9 heteroatoms. The summed E-state index contributed by atoms with van der Waals surface area (Å²) in [7, 11) is 0. The van der Waals surface area contributed by atoms with Crippen LogP contribution in [0.3, 0.4) is 0 Å². The topological polar surface area (TPSA) is 122 Å². The van der Waals surface area contributed by atoms with Crippen molar-refractivity contribution < 1.29 is 23.8 Å². The molecule has 2 heterocycles. The van der Waals surface area contributed by atoms with Crippen molar-refractivity contribution in [2.45, 2.75) is 12.6 Å². The fraction of sp³-hybridized carbons (Fsp3) is 0.115. The highest BCUT2D eigenvalue weighted by atomic mass is 19.1. The third-order valence-electron chi connectivity index (χ3n) is 5.87. The average molecular weight is 472 g/mol. The van der Waals surface area contributed by atoms with Gasteiger partial charge in [-0.05, 0) is 47.5 Å². The molecule has 5 rings (SSSR count). The molecule has 1 unspecified atom stereocenters. The number of amides is 2. The molecule has 0 fully saturated rings. The summed E-state index contributed by atoms with van der Waals surface area (Å²) in [5.74, 6) is -0.717. The zero-order valence-corrected chi connectivity index (χ0v) is 18.4. The number of rotatable bonds is 7. The zero-order valence-electron chi connectivity index (χ0n) is 18.4.